The molecular formula is C13H24N2O4S. The largest absolute Gasteiger partial charge is 0.481 e. The summed E-state index contributed by atoms with van der Waals surface area (Å²) in [7, 11) is -3.39. The highest BCUT2D eigenvalue weighted by Crippen LogP contribution is 2.26. The van der Waals surface area contributed by atoms with Crippen molar-refractivity contribution in [1.29, 1.82) is 0 Å². The molecule has 0 aromatic carbocycles. The van der Waals surface area contributed by atoms with Gasteiger partial charge in [0, 0.05) is 26.2 Å². The third-order valence-electron chi connectivity index (χ3n) is 4.61. The standard InChI is InChI=1S/C13H24N2O4S/c1-2-11-3-7-14(8-4-11)20(18,19)15-9-5-12(6-10-15)13(16)17/h11-12H,2-10H2,1H3,(H,16,17). The van der Waals surface area contributed by atoms with Gasteiger partial charge in [-0.05, 0) is 31.6 Å². The first kappa shape index (κ1) is 15.7. The van der Waals surface area contributed by atoms with Gasteiger partial charge < -0.3 is 5.11 Å². The first-order valence-corrected chi connectivity index (χ1v) is 8.83. The van der Waals surface area contributed by atoms with Crippen LogP contribution in [0.5, 0.6) is 0 Å². The van der Waals surface area contributed by atoms with E-state index in [1.807, 2.05) is 0 Å². The van der Waals surface area contributed by atoms with Crippen molar-refractivity contribution in [3.05, 3.63) is 0 Å². The van der Waals surface area contributed by atoms with E-state index in [4.69, 9.17) is 5.11 Å². The minimum atomic E-state index is -3.39. The van der Waals surface area contributed by atoms with Crippen LogP contribution in [0.15, 0.2) is 0 Å². The van der Waals surface area contributed by atoms with Crippen molar-refractivity contribution in [2.75, 3.05) is 26.2 Å². The maximum absolute atomic E-state index is 12.5. The molecule has 0 spiro atoms. The molecule has 1 N–H and O–H groups in total. The van der Waals surface area contributed by atoms with Crippen LogP contribution in [0.25, 0.3) is 0 Å². The van der Waals surface area contributed by atoms with Crippen LogP contribution in [0, 0.1) is 11.8 Å². The molecule has 0 bridgehead atoms. The number of carbonyl (C=O) groups is 1. The molecular weight excluding hydrogens is 280 g/mol. The van der Waals surface area contributed by atoms with E-state index in [2.05, 4.69) is 6.92 Å². The molecule has 0 amide bonds. The maximum Gasteiger partial charge on any atom is 0.306 e. The molecule has 20 heavy (non-hydrogen) atoms. The molecule has 2 saturated heterocycles. The Labute approximate surface area is 120 Å². The highest BCUT2D eigenvalue weighted by atomic mass is 32.2. The van der Waals surface area contributed by atoms with E-state index in [0.717, 1.165) is 19.3 Å². The number of nitrogens with zero attached hydrogens (tertiary/aromatic N) is 2. The zero-order valence-electron chi connectivity index (χ0n) is 12.0. The third-order valence-corrected chi connectivity index (χ3v) is 6.64. The van der Waals surface area contributed by atoms with Gasteiger partial charge in [-0.3, -0.25) is 4.79 Å². The third kappa shape index (κ3) is 3.32. The van der Waals surface area contributed by atoms with Gasteiger partial charge >= 0.3 is 5.97 Å². The molecule has 7 heteroatoms. The van der Waals surface area contributed by atoms with Crippen molar-refractivity contribution in [3.8, 4) is 0 Å². The summed E-state index contributed by atoms with van der Waals surface area (Å²) >= 11 is 0. The van der Waals surface area contributed by atoms with Crippen LogP contribution in [-0.4, -0.2) is 54.3 Å². The first-order chi connectivity index (χ1) is 9.45. The van der Waals surface area contributed by atoms with Crippen LogP contribution >= 0.6 is 0 Å². The van der Waals surface area contributed by atoms with Crippen molar-refractivity contribution in [2.24, 2.45) is 11.8 Å². The van der Waals surface area contributed by atoms with Gasteiger partial charge in [0.25, 0.3) is 10.2 Å². The van der Waals surface area contributed by atoms with Gasteiger partial charge in [-0.25, -0.2) is 0 Å². The zero-order valence-corrected chi connectivity index (χ0v) is 12.8. The summed E-state index contributed by atoms with van der Waals surface area (Å²) in [4.78, 5) is 10.9. The summed E-state index contributed by atoms with van der Waals surface area (Å²) in [6.07, 6.45) is 3.81. The fraction of sp³-hybridized carbons (Fsp3) is 0.923. The Balaban J connectivity index is 1.93. The number of aliphatic carboxylic acids is 1. The molecule has 2 aliphatic heterocycles. The maximum atomic E-state index is 12.5. The van der Waals surface area contributed by atoms with E-state index >= 15 is 0 Å². The lowest BCUT2D eigenvalue weighted by molar-refractivity contribution is -0.142. The average molecular weight is 304 g/mol. The lowest BCUT2D eigenvalue weighted by atomic mass is 9.96. The molecule has 0 saturated carbocycles. The zero-order chi connectivity index (χ0) is 14.8. The van der Waals surface area contributed by atoms with Crippen molar-refractivity contribution in [3.63, 3.8) is 0 Å². The number of carboxylic acids is 1. The van der Waals surface area contributed by atoms with E-state index in [1.165, 1.54) is 4.31 Å². The van der Waals surface area contributed by atoms with Crippen molar-refractivity contribution in [2.45, 2.75) is 39.0 Å². The topological polar surface area (TPSA) is 77.9 Å². The summed E-state index contributed by atoms with van der Waals surface area (Å²) in [5.74, 6) is -0.572. The van der Waals surface area contributed by atoms with Crippen LogP contribution in [0.1, 0.15) is 39.0 Å². The highest BCUT2D eigenvalue weighted by molar-refractivity contribution is 7.86. The Bertz CT molecular complexity index is 435. The Morgan fingerprint density at radius 2 is 1.50 bits per heavy atom. The van der Waals surface area contributed by atoms with Crippen LogP contribution in [-0.2, 0) is 15.0 Å². The minimum absolute atomic E-state index is 0.326. The Morgan fingerprint density at radius 3 is 1.90 bits per heavy atom. The molecule has 0 unspecified atom stereocenters. The minimum Gasteiger partial charge on any atom is -0.481 e. The van der Waals surface area contributed by atoms with Crippen LogP contribution in [0.4, 0.5) is 0 Å². The fourth-order valence-electron chi connectivity index (χ4n) is 3.05. The van der Waals surface area contributed by atoms with Crippen molar-refractivity contribution in [1.82, 2.24) is 8.61 Å². The smallest absolute Gasteiger partial charge is 0.306 e. The van der Waals surface area contributed by atoms with E-state index < -0.39 is 22.1 Å². The van der Waals surface area contributed by atoms with E-state index in [1.54, 1.807) is 4.31 Å². The van der Waals surface area contributed by atoms with Gasteiger partial charge in [-0.15, -0.1) is 0 Å². The SMILES string of the molecule is CCC1CCN(S(=O)(=O)N2CCC(C(=O)O)CC2)CC1. The molecule has 0 atom stereocenters. The predicted molar refractivity (Wildman–Crippen MR) is 75.4 cm³/mol. The van der Waals surface area contributed by atoms with E-state index in [-0.39, 0.29) is 0 Å². The molecule has 2 aliphatic rings. The van der Waals surface area contributed by atoms with Crippen LogP contribution in [0.2, 0.25) is 0 Å². The van der Waals surface area contributed by atoms with Crippen LogP contribution in [0.3, 0.4) is 0 Å². The second-order valence-electron chi connectivity index (χ2n) is 5.77. The van der Waals surface area contributed by atoms with Gasteiger partial charge in [-0.1, -0.05) is 13.3 Å². The Morgan fingerprint density at radius 1 is 1.05 bits per heavy atom. The van der Waals surface area contributed by atoms with Gasteiger partial charge in [0.2, 0.25) is 0 Å². The second kappa shape index (κ2) is 6.41. The summed E-state index contributed by atoms with van der Waals surface area (Å²) in [6, 6.07) is 0. The molecule has 0 radical (unpaired) electrons. The number of rotatable bonds is 4. The van der Waals surface area contributed by atoms with E-state index in [9.17, 15) is 13.2 Å². The average Bonchev–Trinajstić information content (AvgIpc) is 2.47. The fourth-order valence-corrected chi connectivity index (χ4v) is 4.72. The number of piperidine rings is 2. The predicted octanol–water partition coefficient (Wildman–Crippen LogP) is 1.15. The molecule has 116 valence electrons. The number of carboxylic acid groups (broad SMARTS) is 1. The quantitative estimate of drug-likeness (QED) is 0.845. The summed E-state index contributed by atoms with van der Waals surface area (Å²) in [5.41, 5.74) is 0. The Hall–Kier alpha value is -0.660. The van der Waals surface area contributed by atoms with E-state index in [0.29, 0.717) is 44.9 Å². The monoisotopic (exact) mass is 304 g/mol. The number of hydrogen-bond donors (Lipinski definition) is 1. The first-order valence-electron chi connectivity index (χ1n) is 7.43. The molecule has 0 aliphatic carbocycles. The van der Waals surface area contributed by atoms with Gasteiger partial charge in [0.15, 0.2) is 0 Å². The normalized spacial score (nSPS) is 24.9. The van der Waals surface area contributed by atoms with Crippen molar-refractivity contribution >= 4 is 16.2 Å². The summed E-state index contributed by atoms with van der Waals surface area (Å²) < 4.78 is 28.1. The lowest BCUT2D eigenvalue weighted by Gasteiger charge is -2.37. The molecule has 0 aromatic rings. The molecule has 2 heterocycles. The van der Waals surface area contributed by atoms with Crippen LogP contribution < -0.4 is 0 Å². The van der Waals surface area contributed by atoms with Gasteiger partial charge in [-0.2, -0.15) is 17.0 Å². The molecule has 2 fully saturated rings. The summed E-state index contributed by atoms with van der Waals surface area (Å²) in [6.45, 7) is 3.99. The van der Waals surface area contributed by atoms with Gasteiger partial charge in [0.05, 0.1) is 5.92 Å². The molecule has 2 rings (SSSR count). The molecule has 6 nitrogen and oxygen atoms in total. The lowest BCUT2D eigenvalue weighted by Crippen LogP contribution is -2.50. The molecule has 0 aromatic heterocycles. The second-order valence-corrected chi connectivity index (χ2v) is 7.70. The van der Waals surface area contributed by atoms with Crippen molar-refractivity contribution < 1.29 is 18.3 Å². The van der Waals surface area contributed by atoms with Gasteiger partial charge in [0.1, 0.15) is 0 Å². The summed E-state index contributed by atoms with van der Waals surface area (Å²) in [5, 5.41) is 8.95. The highest BCUT2D eigenvalue weighted by Gasteiger charge is 2.36. The Kier molecular flexibility index (Phi) is 5.04. The number of hydrogen-bond acceptors (Lipinski definition) is 3.